The van der Waals surface area contributed by atoms with Gasteiger partial charge in [-0.3, -0.25) is 0 Å². The van der Waals surface area contributed by atoms with E-state index < -0.39 is 0 Å². The molecule has 1 unspecified atom stereocenters. The van der Waals surface area contributed by atoms with Crippen molar-refractivity contribution in [3.63, 3.8) is 0 Å². The zero-order chi connectivity index (χ0) is 15.0. The Morgan fingerprint density at radius 3 is 2.60 bits per heavy atom. The summed E-state index contributed by atoms with van der Waals surface area (Å²) in [4.78, 5) is 0. The second kappa shape index (κ2) is 8.88. The van der Waals surface area contributed by atoms with E-state index in [0.29, 0.717) is 16.5 Å². The van der Waals surface area contributed by atoms with Gasteiger partial charge in [0, 0.05) is 6.04 Å². The summed E-state index contributed by atoms with van der Waals surface area (Å²) in [5, 5.41) is 0.531. The van der Waals surface area contributed by atoms with Crippen molar-refractivity contribution in [3.8, 4) is 11.5 Å². The van der Waals surface area contributed by atoms with Crippen molar-refractivity contribution in [2.75, 3.05) is 14.2 Å². The van der Waals surface area contributed by atoms with Crippen LogP contribution in [0.4, 0.5) is 0 Å². The van der Waals surface area contributed by atoms with E-state index in [9.17, 15) is 0 Å². The molecule has 0 aromatic heterocycles. The van der Waals surface area contributed by atoms with Crippen LogP contribution in [0.1, 0.15) is 43.7 Å². The van der Waals surface area contributed by atoms with Gasteiger partial charge in [-0.2, -0.15) is 0 Å². The third kappa shape index (κ3) is 4.73. The molecule has 0 spiro atoms. The Kier molecular flexibility index (Phi) is 7.48. The predicted octanol–water partition coefficient (Wildman–Crippen LogP) is 4.49. The molecule has 20 heavy (non-hydrogen) atoms. The van der Waals surface area contributed by atoms with Gasteiger partial charge in [0.05, 0.1) is 19.2 Å². The van der Waals surface area contributed by atoms with Crippen LogP contribution in [-0.4, -0.2) is 14.2 Å². The molecule has 0 fully saturated rings. The zero-order valence-electron chi connectivity index (χ0n) is 12.3. The number of hydrogen-bond donors (Lipinski definition) is 1. The van der Waals surface area contributed by atoms with Gasteiger partial charge < -0.3 is 15.2 Å². The van der Waals surface area contributed by atoms with Crippen LogP contribution in [0.25, 0.3) is 0 Å². The number of halogens is 1. The molecule has 3 nitrogen and oxygen atoms in total. The highest BCUT2D eigenvalue weighted by Gasteiger charge is 2.14. The molecule has 0 amide bonds. The average Bonchev–Trinajstić information content (AvgIpc) is 2.45. The van der Waals surface area contributed by atoms with Crippen LogP contribution in [0.5, 0.6) is 11.5 Å². The lowest BCUT2D eigenvalue weighted by molar-refractivity contribution is 0.354. The lowest BCUT2D eigenvalue weighted by Crippen LogP contribution is -2.10. The van der Waals surface area contributed by atoms with Crippen LogP contribution < -0.4 is 15.2 Å². The average molecular weight is 298 g/mol. The molecule has 0 bridgehead atoms. The normalized spacial score (nSPS) is 12.0. The van der Waals surface area contributed by atoms with E-state index in [2.05, 4.69) is 6.58 Å². The minimum absolute atomic E-state index is 0.0314. The summed E-state index contributed by atoms with van der Waals surface area (Å²) < 4.78 is 10.5. The van der Waals surface area contributed by atoms with Gasteiger partial charge in [0.2, 0.25) is 0 Å². The second-order valence-electron chi connectivity index (χ2n) is 4.77. The lowest BCUT2D eigenvalue weighted by atomic mass is 10.0. The second-order valence-corrected chi connectivity index (χ2v) is 5.18. The first-order chi connectivity index (χ1) is 9.63. The maximum atomic E-state index is 6.22. The fraction of sp³-hybridized carbons (Fsp3) is 0.500. The number of hydrogen-bond acceptors (Lipinski definition) is 3. The molecule has 4 heteroatoms. The molecular formula is C16H24ClNO2. The van der Waals surface area contributed by atoms with Gasteiger partial charge >= 0.3 is 0 Å². The minimum atomic E-state index is -0.0314. The predicted molar refractivity (Wildman–Crippen MR) is 84.8 cm³/mol. The molecule has 2 N–H and O–H groups in total. The highest BCUT2D eigenvalue weighted by molar-refractivity contribution is 6.32. The molecule has 1 aromatic carbocycles. The van der Waals surface area contributed by atoms with E-state index in [0.717, 1.165) is 24.8 Å². The summed E-state index contributed by atoms with van der Waals surface area (Å²) in [5.41, 5.74) is 7.20. The molecule has 0 aliphatic rings. The van der Waals surface area contributed by atoms with E-state index in [1.807, 2.05) is 18.2 Å². The molecule has 1 aromatic rings. The summed E-state index contributed by atoms with van der Waals surface area (Å²) in [6, 6.07) is 3.73. The minimum Gasteiger partial charge on any atom is -0.493 e. The molecule has 1 atom stereocenters. The van der Waals surface area contributed by atoms with Crippen LogP contribution in [0, 0.1) is 0 Å². The molecule has 0 saturated heterocycles. The Balaban J connectivity index is 2.66. The maximum Gasteiger partial charge on any atom is 0.179 e. The van der Waals surface area contributed by atoms with Crippen molar-refractivity contribution in [3.05, 3.63) is 35.4 Å². The molecule has 0 saturated carbocycles. The van der Waals surface area contributed by atoms with E-state index >= 15 is 0 Å². The number of nitrogens with two attached hydrogens (primary N) is 1. The largest absolute Gasteiger partial charge is 0.493 e. The van der Waals surface area contributed by atoms with Crippen LogP contribution >= 0.6 is 11.6 Å². The van der Waals surface area contributed by atoms with Crippen molar-refractivity contribution in [1.82, 2.24) is 0 Å². The summed E-state index contributed by atoms with van der Waals surface area (Å²) in [7, 11) is 3.17. The van der Waals surface area contributed by atoms with Crippen molar-refractivity contribution >= 4 is 11.6 Å². The van der Waals surface area contributed by atoms with Gasteiger partial charge in [-0.15, -0.1) is 6.58 Å². The molecular weight excluding hydrogens is 274 g/mol. The van der Waals surface area contributed by atoms with E-state index in [1.54, 1.807) is 14.2 Å². The molecule has 0 aliphatic heterocycles. The first-order valence-corrected chi connectivity index (χ1v) is 7.29. The van der Waals surface area contributed by atoms with E-state index in [-0.39, 0.29) is 6.04 Å². The van der Waals surface area contributed by atoms with Crippen molar-refractivity contribution in [1.29, 1.82) is 0 Å². The summed E-state index contributed by atoms with van der Waals surface area (Å²) in [6.45, 7) is 3.72. The molecule has 112 valence electrons. The zero-order valence-corrected chi connectivity index (χ0v) is 13.1. The SMILES string of the molecule is C=CCCCCCC(N)c1cc(Cl)c(OC)c(OC)c1. The molecule has 1 rings (SSSR count). The third-order valence-corrected chi connectivity index (χ3v) is 3.59. The molecule has 0 heterocycles. The number of unbranched alkanes of at least 4 members (excludes halogenated alkanes) is 3. The van der Waals surface area contributed by atoms with Crippen LogP contribution in [-0.2, 0) is 0 Å². The number of methoxy groups -OCH3 is 2. The quantitative estimate of drug-likeness (QED) is 0.539. The van der Waals surface area contributed by atoms with Gasteiger partial charge in [-0.25, -0.2) is 0 Å². The first-order valence-electron chi connectivity index (χ1n) is 6.92. The summed E-state index contributed by atoms with van der Waals surface area (Å²) >= 11 is 6.19. The van der Waals surface area contributed by atoms with Gasteiger partial charge in [-0.05, 0) is 37.0 Å². The van der Waals surface area contributed by atoms with Crippen LogP contribution in [0.2, 0.25) is 5.02 Å². The Labute approximate surface area is 126 Å². The number of rotatable bonds is 9. The molecule has 0 aliphatic carbocycles. The smallest absolute Gasteiger partial charge is 0.179 e. The highest BCUT2D eigenvalue weighted by atomic mass is 35.5. The monoisotopic (exact) mass is 297 g/mol. The first kappa shape index (κ1) is 16.9. The Morgan fingerprint density at radius 2 is 2.00 bits per heavy atom. The van der Waals surface area contributed by atoms with Gasteiger partial charge in [-0.1, -0.05) is 30.5 Å². The highest BCUT2D eigenvalue weighted by Crippen LogP contribution is 2.37. The number of allylic oxidation sites excluding steroid dienone is 1. The van der Waals surface area contributed by atoms with E-state index in [1.165, 1.54) is 12.8 Å². The summed E-state index contributed by atoms with van der Waals surface area (Å²) in [5.74, 6) is 1.17. The van der Waals surface area contributed by atoms with Gasteiger partial charge in [0.1, 0.15) is 0 Å². The van der Waals surface area contributed by atoms with Crippen molar-refractivity contribution < 1.29 is 9.47 Å². The maximum absolute atomic E-state index is 6.22. The lowest BCUT2D eigenvalue weighted by Gasteiger charge is -2.16. The van der Waals surface area contributed by atoms with Gasteiger partial charge in [0.25, 0.3) is 0 Å². The van der Waals surface area contributed by atoms with E-state index in [4.69, 9.17) is 26.8 Å². The Morgan fingerprint density at radius 1 is 1.25 bits per heavy atom. The topological polar surface area (TPSA) is 44.5 Å². The van der Waals surface area contributed by atoms with Crippen molar-refractivity contribution in [2.24, 2.45) is 5.73 Å². The third-order valence-electron chi connectivity index (χ3n) is 3.31. The number of benzene rings is 1. The standard InChI is InChI=1S/C16H24ClNO2/c1-4-5-6-7-8-9-14(18)12-10-13(17)16(20-3)15(11-12)19-2/h4,10-11,14H,1,5-9,18H2,2-3H3. The van der Waals surface area contributed by atoms with Crippen molar-refractivity contribution in [2.45, 2.75) is 38.1 Å². The fourth-order valence-electron chi connectivity index (χ4n) is 2.15. The Hall–Kier alpha value is -1.19. The van der Waals surface area contributed by atoms with Crippen LogP contribution in [0.3, 0.4) is 0 Å². The summed E-state index contributed by atoms with van der Waals surface area (Å²) in [6.07, 6.45) is 7.39. The number of ether oxygens (including phenoxy) is 2. The Bertz CT molecular complexity index is 435. The fourth-order valence-corrected chi connectivity index (χ4v) is 2.44. The van der Waals surface area contributed by atoms with Crippen LogP contribution in [0.15, 0.2) is 24.8 Å². The molecule has 0 radical (unpaired) electrons. The van der Waals surface area contributed by atoms with Gasteiger partial charge in [0.15, 0.2) is 11.5 Å².